The second-order valence-corrected chi connectivity index (χ2v) is 7.13. The standard InChI is InChI=1S/C21H33N3O3/c1-5-22-21(24-11-9-19(10-12-24)20(25)26-4)23-14-17-7-6-8-18(13-17)15-27-16(2)3/h6-8,13,16,19H,5,9-12,14-15H2,1-4H3,(H,22,23). The molecule has 1 saturated heterocycles. The number of methoxy groups -OCH3 is 1. The van der Waals surface area contributed by atoms with E-state index in [1.165, 1.54) is 18.2 Å². The number of nitrogens with zero attached hydrogens (tertiary/aromatic N) is 2. The lowest BCUT2D eigenvalue weighted by atomic mass is 9.97. The van der Waals surface area contributed by atoms with Gasteiger partial charge in [-0.3, -0.25) is 4.79 Å². The molecule has 0 aromatic heterocycles. The van der Waals surface area contributed by atoms with Crippen LogP contribution in [0, 0.1) is 5.92 Å². The van der Waals surface area contributed by atoms with Crippen molar-refractivity contribution in [2.45, 2.75) is 52.9 Å². The molecule has 0 radical (unpaired) electrons. The van der Waals surface area contributed by atoms with E-state index >= 15 is 0 Å². The highest BCUT2D eigenvalue weighted by Gasteiger charge is 2.26. The lowest BCUT2D eigenvalue weighted by Crippen LogP contribution is -2.46. The van der Waals surface area contributed by atoms with Crippen molar-refractivity contribution in [2.24, 2.45) is 10.9 Å². The number of rotatable bonds is 7. The van der Waals surface area contributed by atoms with E-state index in [1.807, 2.05) is 13.8 Å². The molecule has 1 N–H and O–H groups in total. The molecule has 1 aliphatic heterocycles. The third-order valence-corrected chi connectivity index (χ3v) is 4.65. The fourth-order valence-electron chi connectivity index (χ4n) is 3.17. The fourth-order valence-corrected chi connectivity index (χ4v) is 3.17. The van der Waals surface area contributed by atoms with Crippen LogP contribution < -0.4 is 5.32 Å². The van der Waals surface area contributed by atoms with E-state index < -0.39 is 0 Å². The number of ether oxygens (including phenoxy) is 2. The maximum absolute atomic E-state index is 11.7. The van der Waals surface area contributed by atoms with Gasteiger partial charge in [-0.1, -0.05) is 24.3 Å². The molecular formula is C21H33N3O3. The van der Waals surface area contributed by atoms with Crippen molar-refractivity contribution in [1.82, 2.24) is 10.2 Å². The number of hydrogen-bond donors (Lipinski definition) is 1. The minimum absolute atomic E-state index is 0.00626. The van der Waals surface area contributed by atoms with Crippen LogP contribution in [0.1, 0.15) is 44.7 Å². The third kappa shape index (κ3) is 6.86. The third-order valence-electron chi connectivity index (χ3n) is 4.65. The van der Waals surface area contributed by atoms with Crippen LogP contribution in [-0.2, 0) is 27.4 Å². The highest BCUT2D eigenvalue weighted by molar-refractivity contribution is 5.80. The van der Waals surface area contributed by atoms with Gasteiger partial charge in [0.1, 0.15) is 0 Å². The van der Waals surface area contributed by atoms with E-state index in [-0.39, 0.29) is 18.0 Å². The number of benzene rings is 1. The summed E-state index contributed by atoms with van der Waals surface area (Å²) in [6.07, 6.45) is 1.83. The maximum Gasteiger partial charge on any atom is 0.308 e. The Hall–Kier alpha value is -2.08. The van der Waals surface area contributed by atoms with Gasteiger partial charge in [0.2, 0.25) is 0 Å². The van der Waals surface area contributed by atoms with Crippen molar-refractivity contribution in [1.29, 1.82) is 0 Å². The van der Waals surface area contributed by atoms with Crippen LogP contribution in [0.4, 0.5) is 0 Å². The molecule has 150 valence electrons. The summed E-state index contributed by atoms with van der Waals surface area (Å²) in [5.41, 5.74) is 2.33. The average Bonchev–Trinajstić information content (AvgIpc) is 2.69. The van der Waals surface area contributed by atoms with Crippen LogP contribution in [0.5, 0.6) is 0 Å². The molecule has 1 aromatic carbocycles. The summed E-state index contributed by atoms with van der Waals surface area (Å²) >= 11 is 0. The second-order valence-electron chi connectivity index (χ2n) is 7.13. The quantitative estimate of drug-likeness (QED) is 0.451. The maximum atomic E-state index is 11.7. The first-order chi connectivity index (χ1) is 13.0. The Morgan fingerprint density at radius 1 is 1.30 bits per heavy atom. The molecular weight excluding hydrogens is 342 g/mol. The molecule has 6 nitrogen and oxygen atoms in total. The number of esters is 1. The van der Waals surface area contributed by atoms with Gasteiger partial charge in [0.25, 0.3) is 0 Å². The minimum Gasteiger partial charge on any atom is -0.469 e. The van der Waals surface area contributed by atoms with Gasteiger partial charge in [0.05, 0.1) is 32.3 Å². The molecule has 0 amide bonds. The summed E-state index contributed by atoms with van der Waals surface area (Å²) in [6.45, 7) is 9.84. The van der Waals surface area contributed by atoms with E-state index in [2.05, 4.69) is 41.4 Å². The van der Waals surface area contributed by atoms with E-state index in [0.717, 1.165) is 38.4 Å². The molecule has 2 rings (SSSR count). The van der Waals surface area contributed by atoms with Gasteiger partial charge in [-0.25, -0.2) is 4.99 Å². The Labute approximate surface area is 162 Å². The molecule has 0 bridgehead atoms. The Bertz CT molecular complexity index is 623. The van der Waals surface area contributed by atoms with Gasteiger partial charge in [-0.2, -0.15) is 0 Å². The van der Waals surface area contributed by atoms with Crippen LogP contribution in [0.25, 0.3) is 0 Å². The first-order valence-electron chi connectivity index (χ1n) is 9.84. The number of guanidine groups is 1. The SMILES string of the molecule is CCNC(=NCc1cccc(COC(C)C)c1)N1CCC(C(=O)OC)CC1. The van der Waals surface area contributed by atoms with Gasteiger partial charge in [0, 0.05) is 19.6 Å². The Kier molecular flexibility index (Phi) is 8.58. The molecule has 0 unspecified atom stereocenters. The zero-order chi connectivity index (χ0) is 19.6. The van der Waals surface area contributed by atoms with Crippen LogP contribution >= 0.6 is 0 Å². The van der Waals surface area contributed by atoms with Crippen molar-refractivity contribution >= 4 is 11.9 Å². The van der Waals surface area contributed by atoms with Crippen molar-refractivity contribution in [3.05, 3.63) is 35.4 Å². The number of carbonyl (C=O) groups excluding carboxylic acids is 1. The summed E-state index contributed by atoms with van der Waals surface area (Å²) in [4.78, 5) is 18.7. The van der Waals surface area contributed by atoms with Gasteiger partial charge in [0.15, 0.2) is 5.96 Å². The van der Waals surface area contributed by atoms with Crippen LogP contribution in [0.15, 0.2) is 29.3 Å². The molecule has 1 fully saturated rings. The molecule has 0 saturated carbocycles. The van der Waals surface area contributed by atoms with Crippen molar-refractivity contribution in [3.63, 3.8) is 0 Å². The normalized spacial score (nSPS) is 15.9. The Balaban J connectivity index is 1.97. The molecule has 1 aromatic rings. The predicted molar refractivity (Wildman–Crippen MR) is 107 cm³/mol. The first kappa shape index (κ1) is 21.2. The van der Waals surface area contributed by atoms with Gasteiger partial charge in [-0.05, 0) is 44.7 Å². The van der Waals surface area contributed by atoms with Gasteiger partial charge in [-0.15, -0.1) is 0 Å². The molecule has 1 aliphatic rings. The van der Waals surface area contributed by atoms with Crippen LogP contribution in [0.3, 0.4) is 0 Å². The van der Waals surface area contributed by atoms with Gasteiger partial charge >= 0.3 is 5.97 Å². The largest absolute Gasteiger partial charge is 0.469 e. The fraction of sp³-hybridized carbons (Fsp3) is 0.619. The van der Waals surface area contributed by atoms with Crippen molar-refractivity contribution < 1.29 is 14.3 Å². The average molecular weight is 376 g/mol. The molecule has 6 heteroatoms. The van der Waals surface area contributed by atoms with Crippen LogP contribution in [-0.4, -0.2) is 49.7 Å². The van der Waals surface area contributed by atoms with E-state index in [4.69, 9.17) is 14.5 Å². The van der Waals surface area contributed by atoms with E-state index in [1.54, 1.807) is 0 Å². The topological polar surface area (TPSA) is 63.2 Å². The van der Waals surface area contributed by atoms with E-state index in [0.29, 0.717) is 13.2 Å². The molecule has 0 atom stereocenters. The number of piperidine rings is 1. The molecule has 0 spiro atoms. The monoisotopic (exact) mass is 375 g/mol. The molecule has 0 aliphatic carbocycles. The minimum atomic E-state index is -0.1000. The summed E-state index contributed by atoms with van der Waals surface area (Å²) in [5.74, 6) is 0.813. The summed E-state index contributed by atoms with van der Waals surface area (Å²) in [5, 5.41) is 3.37. The lowest BCUT2D eigenvalue weighted by molar-refractivity contribution is -0.146. The van der Waals surface area contributed by atoms with Crippen molar-refractivity contribution in [2.75, 3.05) is 26.7 Å². The number of nitrogens with one attached hydrogen (secondary N) is 1. The number of carbonyl (C=O) groups is 1. The highest BCUT2D eigenvalue weighted by Crippen LogP contribution is 2.19. The number of aliphatic imine (C=N–C) groups is 1. The van der Waals surface area contributed by atoms with Gasteiger partial charge < -0.3 is 19.7 Å². The Morgan fingerprint density at radius 3 is 2.63 bits per heavy atom. The number of hydrogen-bond acceptors (Lipinski definition) is 4. The summed E-state index contributed by atoms with van der Waals surface area (Å²) < 4.78 is 10.6. The first-order valence-corrected chi connectivity index (χ1v) is 9.84. The number of likely N-dealkylation sites (tertiary alicyclic amines) is 1. The lowest BCUT2D eigenvalue weighted by Gasteiger charge is -2.33. The van der Waals surface area contributed by atoms with E-state index in [9.17, 15) is 4.79 Å². The smallest absolute Gasteiger partial charge is 0.308 e. The molecule has 27 heavy (non-hydrogen) atoms. The second kappa shape index (κ2) is 10.9. The van der Waals surface area contributed by atoms with Crippen molar-refractivity contribution in [3.8, 4) is 0 Å². The summed E-state index contributed by atoms with van der Waals surface area (Å²) in [6, 6.07) is 8.38. The Morgan fingerprint density at radius 2 is 2.00 bits per heavy atom. The zero-order valence-electron chi connectivity index (χ0n) is 17.0. The highest BCUT2D eigenvalue weighted by atomic mass is 16.5. The van der Waals surface area contributed by atoms with Crippen LogP contribution in [0.2, 0.25) is 0 Å². The molecule has 1 heterocycles. The summed E-state index contributed by atoms with van der Waals surface area (Å²) in [7, 11) is 1.46. The zero-order valence-corrected chi connectivity index (χ0v) is 17.0. The predicted octanol–water partition coefficient (Wildman–Crippen LogP) is 2.96.